The Morgan fingerprint density at radius 1 is 1.21 bits per heavy atom. The van der Waals surface area contributed by atoms with E-state index in [0.29, 0.717) is 30.6 Å². The van der Waals surface area contributed by atoms with E-state index < -0.39 is 34.1 Å². The summed E-state index contributed by atoms with van der Waals surface area (Å²) in [6.07, 6.45) is 9.07. The SMILES string of the molecule is CO[C@H]1/C=C/C[C@H](C)CS(=O)(NC(=O)N[C@@H]2C[C@H]2F)=NC(=O)c2ccc3c(c2)N(C[C@@H]2CC[C@H]21)C[C@@]1(CCCc2cc(C)ccc21)CO3. The number of ether oxygens (including phenoxy) is 2. The average molecular weight is 679 g/mol. The first kappa shape index (κ1) is 33.1. The van der Waals surface area contributed by atoms with Crippen molar-refractivity contribution in [2.75, 3.05) is 37.5 Å². The van der Waals surface area contributed by atoms with Gasteiger partial charge in [0.05, 0.1) is 30.2 Å². The Kier molecular flexibility index (Phi) is 9.04. The predicted molar refractivity (Wildman–Crippen MR) is 185 cm³/mol. The fourth-order valence-electron chi connectivity index (χ4n) is 8.18. The summed E-state index contributed by atoms with van der Waals surface area (Å²) in [6, 6.07) is 10.7. The van der Waals surface area contributed by atoms with Crippen molar-refractivity contribution in [1.29, 1.82) is 0 Å². The lowest BCUT2D eigenvalue weighted by molar-refractivity contribution is 0.0131. The number of methoxy groups -OCH3 is 1. The second kappa shape index (κ2) is 13.1. The molecule has 2 saturated carbocycles. The van der Waals surface area contributed by atoms with Gasteiger partial charge in [-0.2, -0.15) is 0 Å². The molecule has 0 aromatic heterocycles. The molecule has 7 rings (SSSR count). The van der Waals surface area contributed by atoms with Gasteiger partial charge in [-0.3, -0.25) is 9.52 Å². The lowest BCUT2D eigenvalue weighted by Gasteiger charge is -2.46. The van der Waals surface area contributed by atoms with Gasteiger partial charge in [0.25, 0.3) is 5.91 Å². The van der Waals surface area contributed by atoms with Crippen LogP contribution in [0.15, 0.2) is 52.9 Å². The van der Waals surface area contributed by atoms with E-state index in [1.165, 1.54) is 16.7 Å². The zero-order chi connectivity index (χ0) is 33.6. The summed E-state index contributed by atoms with van der Waals surface area (Å²) in [6.45, 7) is 6.12. The largest absolute Gasteiger partial charge is 0.490 e. The Labute approximate surface area is 283 Å². The first-order valence-corrected chi connectivity index (χ1v) is 19.1. The van der Waals surface area contributed by atoms with Gasteiger partial charge < -0.3 is 19.7 Å². The van der Waals surface area contributed by atoms with Crippen LogP contribution in [0.25, 0.3) is 0 Å². The van der Waals surface area contributed by atoms with Gasteiger partial charge in [0.1, 0.15) is 21.8 Å². The number of hydrogen-bond acceptors (Lipinski definition) is 6. The molecule has 0 radical (unpaired) electrons. The van der Waals surface area contributed by atoms with Gasteiger partial charge in [-0.05, 0) is 92.5 Å². The zero-order valence-corrected chi connectivity index (χ0v) is 28.9. The molecule has 2 aromatic rings. The molecule has 2 heterocycles. The number of carbonyl (C=O) groups excluding carboxylic acids is 2. The molecule has 8 atom stereocenters. The lowest BCUT2D eigenvalue weighted by Crippen LogP contribution is -2.49. The summed E-state index contributed by atoms with van der Waals surface area (Å²) in [5, 5.41) is 2.50. The van der Waals surface area contributed by atoms with E-state index in [1.54, 1.807) is 13.2 Å². The molecule has 1 unspecified atom stereocenters. The maximum absolute atomic E-state index is 14.2. The maximum atomic E-state index is 14.2. The predicted octanol–water partition coefficient (Wildman–Crippen LogP) is 6.04. The van der Waals surface area contributed by atoms with E-state index in [1.807, 2.05) is 19.1 Å². The summed E-state index contributed by atoms with van der Waals surface area (Å²) in [7, 11) is -1.79. The highest BCUT2D eigenvalue weighted by Crippen LogP contribution is 2.47. The third-order valence-electron chi connectivity index (χ3n) is 11.0. The molecule has 2 fully saturated rings. The number of fused-ring (bicyclic) bond motifs is 4. The number of benzene rings is 2. The number of urea groups is 1. The summed E-state index contributed by atoms with van der Waals surface area (Å²) < 4.78 is 47.0. The van der Waals surface area contributed by atoms with Gasteiger partial charge in [-0.15, -0.1) is 4.36 Å². The van der Waals surface area contributed by atoms with Crippen LogP contribution in [-0.2, 0) is 26.5 Å². The topological polar surface area (TPSA) is 109 Å². The van der Waals surface area contributed by atoms with Crippen molar-refractivity contribution in [2.24, 2.45) is 22.1 Å². The normalized spacial score (nSPS) is 35.1. The van der Waals surface area contributed by atoms with E-state index in [9.17, 15) is 18.2 Å². The molecule has 2 aliphatic heterocycles. The van der Waals surface area contributed by atoms with E-state index in [0.717, 1.165) is 50.9 Å². The van der Waals surface area contributed by atoms with Crippen molar-refractivity contribution in [1.82, 2.24) is 10.0 Å². The number of alkyl halides is 1. The van der Waals surface area contributed by atoms with Crippen LogP contribution in [0.4, 0.5) is 14.9 Å². The van der Waals surface area contributed by atoms with Crippen molar-refractivity contribution < 1.29 is 27.7 Å². The third-order valence-corrected chi connectivity index (χ3v) is 13.0. The van der Waals surface area contributed by atoms with Crippen LogP contribution in [0.3, 0.4) is 0 Å². The van der Waals surface area contributed by atoms with Crippen LogP contribution in [0, 0.1) is 24.7 Å². The molecule has 1 spiro atoms. The summed E-state index contributed by atoms with van der Waals surface area (Å²) in [5.41, 5.74) is 4.87. The van der Waals surface area contributed by atoms with Crippen molar-refractivity contribution in [3.05, 3.63) is 70.8 Å². The van der Waals surface area contributed by atoms with E-state index >= 15 is 0 Å². The monoisotopic (exact) mass is 678 g/mol. The van der Waals surface area contributed by atoms with Crippen molar-refractivity contribution in [3.63, 3.8) is 0 Å². The number of hydrogen-bond donors (Lipinski definition) is 2. The molecule has 2 aromatic carbocycles. The molecular weight excluding hydrogens is 631 g/mol. The summed E-state index contributed by atoms with van der Waals surface area (Å²) in [4.78, 5) is 29.0. The summed E-state index contributed by atoms with van der Waals surface area (Å²) in [5.74, 6) is 0.569. The Morgan fingerprint density at radius 3 is 2.79 bits per heavy atom. The van der Waals surface area contributed by atoms with E-state index in [4.69, 9.17) is 9.47 Å². The van der Waals surface area contributed by atoms with E-state index in [-0.39, 0.29) is 35.2 Å². The Hall–Kier alpha value is -3.44. The van der Waals surface area contributed by atoms with Crippen LogP contribution in [-0.4, -0.2) is 67.0 Å². The number of nitrogens with one attached hydrogen (secondary N) is 2. The molecule has 9 nitrogen and oxygen atoms in total. The van der Waals surface area contributed by atoms with Crippen LogP contribution < -0.4 is 19.7 Å². The van der Waals surface area contributed by atoms with Crippen molar-refractivity contribution in [3.8, 4) is 5.75 Å². The van der Waals surface area contributed by atoms with Gasteiger partial charge in [0, 0.05) is 37.6 Å². The molecule has 2 bridgehead atoms. The van der Waals surface area contributed by atoms with Gasteiger partial charge in [-0.1, -0.05) is 42.8 Å². The highest BCUT2D eigenvalue weighted by Gasteiger charge is 2.44. The molecule has 11 heteroatoms. The number of nitrogens with zero attached hydrogens (tertiary/aromatic N) is 2. The zero-order valence-electron chi connectivity index (χ0n) is 28.1. The molecule has 2 N–H and O–H groups in total. The number of allylic oxidation sites excluding steroid dienone is 1. The number of aryl methyl sites for hydroxylation is 2. The lowest BCUT2D eigenvalue weighted by atomic mass is 9.68. The molecule has 3 aliphatic carbocycles. The first-order valence-electron chi connectivity index (χ1n) is 17.4. The second-order valence-corrected chi connectivity index (χ2v) is 16.8. The minimum absolute atomic E-state index is 0.0362. The first-order chi connectivity index (χ1) is 23.0. The number of amides is 3. The van der Waals surface area contributed by atoms with Gasteiger partial charge in [-0.25, -0.2) is 13.4 Å². The summed E-state index contributed by atoms with van der Waals surface area (Å²) >= 11 is 0. The van der Waals surface area contributed by atoms with E-state index in [2.05, 4.69) is 56.6 Å². The smallest absolute Gasteiger partial charge is 0.327 e. The Bertz CT molecular complexity index is 1740. The highest BCUT2D eigenvalue weighted by molar-refractivity contribution is 7.92. The number of anilines is 1. The molecule has 3 amide bonds. The Morgan fingerprint density at radius 2 is 2.04 bits per heavy atom. The fraction of sp³-hybridized carbons (Fsp3) is 0.568. The van der Waals surface area contributed by atoms with Crippen molar-refractivity contribution in [2.45, 2.75) is 82.5 Å². The quantitative estimate of drug-likeness (QED) is 0.384. The number of rotatable bonds is 3. The van der Waals surface area contributed by atoms with Gasteiger partial charge >= 0.3 is 6.03 Å². The van der Waals surface area contributed by atoms with Gasteiger partial charge in [0.2, 0.25) is 0 Å². The van der Waals surface area contributed by atoms with Crippen LogP contribution in [0.2, 0.25) is 0 Å². The molecule has 5 aliphatic rings. The standard InChI is InChI=1S/C37H47FN4O5S/c1-23-9-13-29-25(16-23)7-5-15-37(29)21-42-19-27-10-12-28(27)33(46-3)8-4-6-24(2)20-48(45,41-36(44)39-31-18-30(31)38)40-35(43)26-11-14-34(47-22-37)32(42)17-26/h4,8-9,11,13-14,16-17,24,27-28,30-31,33H,5-7,10,12,15,18-22H2,1-3H3,(H2,39,40,41,43,44,45)/b8-4+/t24-,27-,28+,30+,31+,33-,37-,48?/m0/s1. The molecular formula is C37H47FN4O5S. The molecule has 0 saturated heterocycles. The second-order valence-electron chi connectivity index (χ2n) is 14.8. The minimum Gasteiger partial charge on any atom is -0.490 e. The van der Waals surface area contributed by atoms with Crippen LogP contribution in [0.1, 0.15) is 72.5 Å². The maximum Gasteiger partial charge on any atom is 0.327 e. The highest BCUT2D eigenvalue weighted by atomic mass is 32.2. The fourth-order valence-corrected chi connectivity index (χ4v) is 10.0. The number of halogens is 1. The van der Waals surface area contributed by atoms with Crippen molar-refractivity contribution >= 4 is 27.5 Å². The average Bonchev–Trinajstić information content (AvgIpc) is 3.75. The Balaban J connectivity index is 1.28. The number of carbonyl (C=O) groups is 2. The van der Waals surface area contributed by atoms with Crippen LogP contribution >= 0.6 is 0 Å². The van der Waals surface area contributed by atoms with Crippen LogP contribution in [0.5, 0.6) is 5.75 Å². The third kappa shape index (κ3) is 6.72. The minimum atomic E-state index is -3.55. The van der Waals surface area contributed by atoms with Gasteiger partial charge in [0.15, 0.2) is 0 Å². The molecule has 258 valence electrons. The molecule has 48 heavy (non-hydrogen) atoms.